The molecule has 1 N–H and O–H groups in total. The molecule has 1 aliphatic heterocycles. The van der Waals surface area contributed by atoms with Gasteiger partial charge in [0.15, 0.2) is 11.5 Å². The maximum atomic E-state index is 13.6. The number of Topliss-reactive ketones (excluding diaryl/α,β-unsaturated/α-hetero) is 1. The summed E-state index contributed by atoms with van der Waals surface area (Å²) in [5.41, 5.74) is 1.19. The van der Waals surface area contributed by atoms with Gasteiger partial charge in [-0.15, -0.1) is 0 Å². The number of hydrogen-bond donors (Lipinski definition) is 1. The van der Waals surface area contributed by atoms with Gasteiger partial charge in [0.05, 0.1) is 30.9 Å². The van der Waals surface area contributed by atoms with E-state index >= 15 is 0 Å². The first-order valence-corrected chi connectivity index (χ1v) is 11.9. The van der Waals surface area contributed by atoms with E-state index in [9.17, 15) is 14.7 Å². The highest BCUT2D eigenvalue weighted by molar-refractivity contribution is 9.10. The van der Waals surface area contributed by atoms with Crippen LogP contribution in [0.3, 0.4) is 0 Å². The molecule has 4 rings (SSSR count). The molecule has 2 aromatic carbocycles. The number of aliphatic hydroxyl groups is 1. The van der Waals surface area contributed by atoms with E-state index in [0.717, 1.165) is 9.86 Å². The minimum Gasteiger partial charge on any atom is -0.503 e. The van der Waals surface area contributed by atoms with E-state index in [1.165, 1.54) is 4.90 Å². The first-order valence-electron chi connectivity index (χ1n) is 11.1. The fourth-order valence-corrected chi connectivity index (χ4v) is 4.40. The number of ether oxygens (including phenoxy) is 2. The van der Waals surface area contributed by atoms with Crippen LogP contribution in [0, 0.1) is 0 Å². The molecule has 2 heterocycles. The van der Waals surface area contributed by atoms with E-state index in [2.05, 4.69) is 15.9 Å². The second-order valence-electron chi connectivity index (χ2n) is 8.21. The normalized spacial score (nSPS) is 16.2. The van der Waals surface area contributed by atoms with E-state index in [4.69, 9.17) is 13.9 Å². The molecule has 0 radical (unpaired) electrons. The molecule has 1 unspecified atom stereocenters. The number of carbonyl (C=O) groups excluding carboxylic acids is 2. The van der Waals surface area contributed by atoms with Gasteiger partial charge in [-0.1, -0.05) is 28.1 Å². The van der Waals surface area contributed by atoms with Crippen molar-refractivity contribution in [3.05, 3.63) is 75.7 Å². The number of aliphatic hydroxyl groups excluding tert-OH is 1. The van der Waals surface area contributed by atoms with Crippen molar-refractivity contribution >= 4 is 38.6 Å². The van der Waals surface area contributed by atoms with Crippen LogP contribution >= 0.6 is 15.9 Å². The van der Waals surface area contributed by atoms with Gasteiger partial charge in [-0.25, -0.2) is 0 Å². The Hall–Kier alpha value is -3.10. The Morgan fingerprint density at radius 3 is 2.59 bits per heavy atom. The van der Waals surface area contributed by atoms with Crippen LogP contribution in [0.15, 0.2) is 68.8 Å². The number of carbonyl (C=O) groups is 2. The molecule has 0 bridgehead atoms. The molecule has 0 saturated carbocycles. The Morgan fingerprint density at radius 2 is 1.91 bits per heavy atom. The third kappa shape index (κ3) is 4.74. The average molecular weight is 528 g/mol. The first kappa shape index (κ1) is 24.0. The minimum atomic E-state index is -0.786. The Kier molecular flexibility index (Phi) is 7.09. The predicted octanol–water partition coefficient (Wildman–Crippen LogP) is 5.60. The summed E-state index contributed by atoms with van der Waals surface area (Å²) in [7, 11) is 0. The van der Waals surface area contributed by atoms with Gasteiger partial charge < -0.3 is 23.9 Å². The molecule has 0 aliphatic carbocycles. The molecule has 7 nitrogen and oxygen atoms in total. The second-order valence-corrected chi connectivity index (χ2v) is 9.12. The Labute approximate surface area is 206 Å². The zero-order chi connectivity index (χ0) is 24.4. The number of halogens is 1. The van der Waals surface area contributed by atoms with Crippen molar-refractivity contribution in [2.45, 2.75) is 32.9 Å². The molecule has 3 aromatic rings. The lowest BCUT2D eigenvalue weighted by Gasteiger charge is -2.27. The zero-order valence-corrected chi connectivity index (χ0v) is 20.8. The zero-order valence-electron chi connectivity index (χ0n) is 19.2. The lowest BCUT2D eigenvalue weighted by Crippen LogP contribution is -2.34. The van der Waals surface area contributed by atoms with Crippen LogP contribution < -0.4 is 4.74 Å². The fourth-order valence-electron chi connectivity index (χ4n) is 4.02. The van der Waals surface area contributed by atoms with Gasteiger partial charge >= 0.3 is 0 Å². The molecule has 0 spiro atoms. The summed E-state index contributed by atoms with van der Waals surface area (Å²) in [5, 5.41) is 11.5. The molecule has 34 heavy (non-hydrogen) atoms. The Bertz CT molecular complexity index is 1240. The third-order valence-corrected chi connectivity index (χ3v) is 6.03. The molecular formula is C26H26BrNO6. The van der Waals surface area contributed by atoms with Crippen molar-refractivity contribution in [1.29, 1.82) is 0 Å². The maximum Gasteiger partial charge on any atom is 0.290 e. The van der Waals surface area contributed by atoms with Crippen molar-refractivity contribution in [1.82, 2.24) is 4.90 Å². The standard InChI is InChI=1S/C26H26BrNO6/c1-4-32-19-8-5-16(6-9-19)23-22(25(30)26(31)28(23)11-12-33-15(2)3)24(29)21-14-17-13-18(27)7-10-20(17)34-21/h5-10,13-15,23,30H,4,11-12H2,1-3H3. The van der Waals surface area contributed by atoms with Gasteiger partial charge in [0.2, 0.25) is 5.78 Å². The van der Waals surface area contributed by atoms with Gasteiger partial charge in [0.1, 0.15) is 11.3 Å². The number of rotatable bonds is 9. The van der Waals surface area contributed by atoms with E-state index in [1.54, 1.807) is 36.4 Å². The lowest BCUT2D eigenvalue weighted by molar-refractivity contribution is -0.130. The van der Waals surface area contributed by atoms with Gasteiger partial charge in [0.25, 0.3) is 5.91 Å². The van der Waals surface area contributed by atoms with Crippen LogP contribution in [0.2, 0.25) is 0 Å². The van der Waals surface area contributed by atoms with Crippen molar-refractivity contribution < 1.29 is 28.6 Å². The highest BCUT2D eigenvalue weighted by Gasteiger charge is 2.44. The number of hydrogen-bond acceptors (Lipinski definition) is 6. The maximum absolute atomic E-state index is 13.6. The molecule has 0 fully saturated rings. The molecule has 1 aliphatic rings. The van der Waals surface area contributed by atoms with Crippen molar-refractivity contribution in [2.75, 3.05) is 19.8 Å². The summed E-state index contributed by atoms with van der Waals surface area (Å²) in [5.74, 6) is -0.999. The van der Waals surface area contributed by atoms with E-state index in [0.29, 0.717) is 23.5 Å². The average Bonchev–Trinajstić information content (AvgIpc) is 3.33. The molecule has 1 atom stereocenters. The number of amides is 1. The smallest absolute Gasteiger partial charge is 0.290 e. The van der Waals surface area contributed by atoms with Gasteiger partial charge in [-0.2, -0.15) is 0 Å². The summed E-state index contributed by atoms with van der Waals surface area (Å²) in [6, 6.07) is 13.4. The van der Waals surface area contributed by atoms with E-state index < -0.39 is 23.5 Å². The van der Waals surface area contributed by atoms with Crippen LogP contribution in [0.1, 0.15) is 42.9 Å². The fraction of sp³-hybridized carbons (Fsp3) is 0.308. The summed E-state index contributed by atoms with van der Waals surface area (Å²) < 4.78 is 17.8. The molecule has 1 amide bonds. The second kappa shape index (κ2) is 10.0. The monoisotopic (exact) mass is 527 g/mol. The highest BCUT2D eigenvalue weighted by Crippen LogP contribution is 2.40. The number of nitrogens with zero attached hydrogens (tertiary/aromatic N) is 1. The Balaban J connectivity index is 1.73. The van der Waals surface area contributed by atoms with Gasteiger partial charge in [0, 0.05) is 16.4 Å². The number of fused-ring (bicyclic) bond motifs is 1. The van der Waals surface area contributed by atoms with E-state index in [1.807, 2.05) is 32.9 Å². The van der Waals surface area contributed by atoms with Crippen molar-refractivity contribution in [2.24, 2.45) is 0 Å². The molecule has 0 saturated heterocycles. The van der Waals surface area contributed by atoms with E-state index in [-0.39, 0.29) is 30.6 Å². The number of benzene rings is 2. The lowest BCUT2D eigenvalue weighted by atomic mass is 9.95. The Morgan fingerprint density at radius 1 is 1.18 bits per heavy atom. The summed E-state index contributed by atoms with van der Waals surface area (Å²) in [6.45, 7) is 6.70. The van der Waals surface area contributed by atoms with Crippen LogP contribution in [-0.4, -0.2) is 47.6 Å². The summed E-state index contributed by atoms with van der Waals surface area (Å²) in [4.78, 5) is 28.1. The third-order valence-electron chi connectivity index (χ3n) is 5.54. The summed E-state index contributed by atoms with van der Waals surface area (Å²) >= 11 is 3.41. The SMILES string of the molecule is CCOc1ccc(C2C(C(=O)c3cc4cc(Br)ccc4o3)=C(O)C(=O)N2CCOC(C)C)cc1. The van der Waals surface area contributed by atoms with Crippen molar-refractivity contribution in [3.8, 4) is 5.75 Å². The van der Waals surface area contributed by atoms with Crippen LogP contribution in [0.5, 0.6) is 5.75 Å². The number of furan rings is 1. The van der Waals surface area contributed by atoms with Crippen LogP contribution in [0.4, 0.5) is 0 Å². The molecule has 8 heteroatoms. The summed E-state index contributed by atoms with van der Waals surface area (Å²) in [6.07, 6.45) is -0.0147. The molecular weight excluding hydrogens is 502 g/mol. The van der Waals surface area contributed by atoms with Gasteiger partial charge in [-0.3, -0.25) is 9.59 Å². The largest absolute Gasteiger partial charge is 0.503 e. The van der Waals surface area contributed by atoms with Crippen LogP contribution in [-0.2, 0) is 9.53 Å². The highest BCUT2D eigenvalue weighted by atomic mass is 79.9. The number of ketones is 1. The molecule has 178 valence electrons. The van der Waals surface area contributed by atoms with Gasteiger partial charge in [-0.05, 0) is 62.7 Å². The molecule has 1 aromatic heterocycles. The van der Waals surface area contributed by atoms with Crippen molar-refractivity contribution in [3.63, 3.8) is 0 Å². The predicted molar refractivity (Wildman–Crippen MR) is 131 cm³/mol. The topological polar surface area (TPSA) is 89.2 Å². The first-order chi connectivity index (χ1) is 16.3. The minimum absolute atomic E-state index is 0.0147. The van der Waals surface area contributed by atoms with Crippen LogP contribution in [0.25, 0.3) is 11.0 Å². The quantitative estimate of drug-likeness (QED) is 0.364.